The van der Waals surface area contributed by atoms with E-state index in [1.807, 2.05) is 0 Å². The van der Waals surface area contributed by atoms with Crippen molar-refractivity contribution in [1.82, 2.24) is 0 Å². The minimum Gasteiger partial charge on any atom is -0.479 e. The molecule has 0 saturated carbocycles. The van der Waals surface area contributed by atoms with Crippen molar-refractivity contribution in [3.63, 3.8) is 0 Å². The van der Waals surface area contributed by atoms with Crippen LogP contribution in [0.25, 0.3) is 0 Å². The molecule has 0 aromatic carbocycles. The van der Waals surface area contributed by atoms with Gasteiger partial charge < -0.3 is 61.3 Å². The Morgan fingerprint density at radius 1 is 0.312 bits per heavy atom. The van der Waals surface area contributed by atoms with Crippen molar-refractivity contribution in [3.8, 4) is 0 Å². The highest BCUT2D eigenvalue weighted by Crippen LogP contribution is 1.94. The average Bonchev–Trinajstić information content (AvgIpc) is 2.64. The van der Waals surface area contributed by atoms with Gasteiger partial charge in [0.05, 0.1) is 0 Å². The minimum absolute atomic E-state index is 0. The molecule has 8 atom stereocenters. The van der Waals surface area contributed by atoms with E-state index >= 15 is 0 Å². The van der Waals surface area contributed by atoms with Gasteiger partial charge in [-0.1, -0.05) is 0 Å². The van der Waals surface area contributed by atoms with Crippen LogP contribution >= 0.6 is 19.8 Å². The van der Waals surface area contributed by atoms with Crippen LogP contribution in [0.15, 0.2) is 0 Å². The number of aliphatic hydroxyl groups is 6. The fourth-order valence-corrected chi connectivity index (χ4v) is 0.810. The van der Waals surface area contributed by atoms with Gasteiger partial charge in [-0.15, -0.1) is 0 Å². The summed E-state index contributed by atoms with van der Waals surface area (Å²) in [5.74, 6) is -10.6. The molecule has 0 aromatic rings. The normalized spacial score (nSPS) is 14.8. The summed E-state index contributed by atoms with van der Waals surface area (Å²) in [6.45, 7) is 0. The van der Waals surface area contributed by atoms with E-state index in [0.717, 1.165) is 0 Å². The average molecular weight is 518 g/mol. The van der Waals surface area contributed by atoms with Crippen LogP contribution in [0, 0.1) is 0 Å². The van der Waals surface area contributed by atoms with Crippen molar-refractivity contribution in [3.05, 3.63) is 0 Å². The first kappa shape index (κ1) is 39.9. The molecule has 0 fully saturated rings. The fraction of sp³-hybridized carbons (Fsp3) is 0.500. The van der Waals surface area contributed by atoms with E-state index in [0.29, 0.717) is 0 Å². The lowest BCUT2D eigenvalue weighted by Gasteiger charge is -2.07. The highest BCUT2D eigenvalue weighted by molar-refractivity contribution is 6.92. The molecule has 0 aliphatic rings. The van der Waals surface area contributed by atoms with Gasteiger partial charge in [0, 0.05) is 0 Å². The molecule has 0 bridgehead atoms. The van der Waals surface area contributed by atoms with E-state index in [2.05, 4.69) is 0 Å². The summed E-state index contributed by atoms with van der Waals surface area (Å²) < 4.78 is 0. The zero-order valence-electron chi connectivity index (χ0n) is 15.7. The highest BCUT2D eigenvalue weighted by atomic mass is 31.0. The van der Waals surface area contributed by atoms with Crippen molar-refractivity contribution < 1.29 is 90.0 Å². The van der Waals surface area contributed by atoms with Gasteiger partial charge in [0.25, 0.3) is 0 Å². The van der Waals surface area contributed by atoms with Crippen LogP contribution < -0.4 is 0 Å². The Morgan fingerprint density at radius 3 is 0.406 bits per heavy atom. The third-order valence-corrected chi connectivity index (χ3v) is 2.42. The number of rotatable bonds is 9. The maximum atomic E-state index is 9.77. The predicted octanol–water partition coefficient (Wildman–Crippen LogP) is -6.25. The molecular formula is C12H24O18P2. The van der Waals surface area contributed by atoms with Crippen molar-refractivity contribution in [2.24, 2.45) is 0 Å². The van der Waals surface area contributed by atoms with Crippen LogP contribution in [-0.2, 0) is 28.8 Å². The molecule has 18 nitrogen and oxygen atoms in total. The van der Waals surface area contributed by atoms with Crippen molar-refractivity contribution in [1.29, 1.82) is 0 Å². The molecule has 0 rings (SSSR count). The number of hydrogen-bond donors (Lipinski definition) is 12. The van der Waals surface area contributed by atoms with Crippen LogP contribution in [0.4, 0.5) is 0 Å². The first-order valence-electron chi connectivity index (χ1n) is 6.85. The molecule has 32 heavy (non-hydrogen) atoms. The van der Waals surface area contributed by atoms with E-state index in [9.17, 15) is 28.8 Å². The third kappa shape index (κ3) is 17.2. The Kier molecular flexibility index (Phi) is 23.9. The Labute approximate surface area is 183 Å². The van der Waals surface area contributed by atoms with Gasteiger partial charge >= 0.3 is 35.8 Å². The number of aliphatic carboxylic acids is 6. The largest absolute Gasteiger partial charge is 0.479 e. The molecule has 0 aliphatic carbocycles. The van der Waals surface area contributed by atoms with E-state index in [-0.39, 0.29) is 19.8 Å². The maximum absolute atomic E-state index is 9.77. The molecule has 0 aromatic heterocycles. The summed E-state index contributed by atoms with van der Waals surface area (Å²) in [6.07, 6.45) is -13.6. The summed E-state index contributed by atoms with van der Waals surface area (Å²) in [5.41, 5.74) is 0. The molecule has 0 spiro atoms. The van der Waals surface area contributed by atoms with Gasteiger partial charge in [-0.3, -0.25) is 0 Å². The molecule has 0 heterocycles. The zero-order chi connectivity index (χ0) is 24.9. The lowest BCUT2D eigenvalue weighted by Crippen LogP contribution is -2.39. The summed E-state index contributed by atoms with van der Waals surface area (Å²) in [4.78, 5) is 58.6. The quantitative estimate of drug-likeness (QED) is 0.126. The first-order chi connectivity index (χ1) is 13.4. The van der Waals surface area contributed by atoms with E-state index in [1.165, 1.54) is 0 Å². The van der Waals surface area contributed by atoms with Crippen molar-refractivity contribution in [2.75, 3.05) is 0 Å². The summed E-state index contributed by atoms with van der Waals surface area (Å²) in [5, 5.41) is 97.6. The predicted molar refractivity (Wildman–Crippen MR) is 104 cm³/mol. The number of carboxylic acids is 6. The monoisotopic (exact) mass is 518 g/mol. The number of hydrogen-bond acceptors (Lipinski definition) is 12. The maximum Gasteiger partial charge on any atom is 0.335 e. The number of aliphatic hydroxyl groups excluding tert-OH is 6. The van der Waals surface area contributed by atoms with E-state index in [1.54, 1.807) is 0 Å². The summed E-state index contributed by atoms with van der Waals surface area (Å²) >= 11 is 0. The minimum atomic E-state index is -2.27. The molecule has 190 valence electrons. The lowest BCUT2D eigenvalue weighted by molar-refractivity contribution is -0.165. The molecule has 20 heteroatoms. The second-order valence-corrected chi connectivity index (χ2v) is 4.70. The molecule has 12 N–H and O–H groups in total. The lowest BCUT2D eigenvalue weighted by atomic mass is 10.2. The Bertz CT molecular complexity index is 498. The van der Waals surface area contributed by atoms with Crippen molar-refractivity contribution in [2.45, 2.75) is 36.6 Å². The Balaban J connectivity index is -0.000000110. The SMILES string of the molecule is O=C(O)C(O)C(O)C(=O)O.O=C(O)C(O)C(O)C(=O)O.O=C(O)C(O)C(O)C(=O)O.P.P. The van der Waals surface area contributed by atoms with Gasteiger partial charge in [0.15, 0.2) is 36.6 Å². The van der Waals surface area contributed by atoms with Gasteiger partial charge in [0.1, 0.15) is 0 Å². The third-order valence-electron chi connectivity index (χ3n) is 2.42. The van der Waals surface area contributed by atoms with Gasteiger partial charge in [-0.2, -0.15) is 19.8 Å². The summed E-state index contributed by atoms with van der Waals surface area (Å²) in [7, 11) is 0. The molecule has 0 radical (unpaired) electrons. The first-order valence-corrected chi connectivity index (χ1v) is 6.85. The number of carboxylic acid groups (broad SMARTS) is 6. The number of carbonyl (C=O) groups is 6. The molecular weight excluding hydrogens is 494 g/mol. The van der Waals surface area contributed by atoms with Crippen LogP contribution in [0.5, 0.6) is 0 Å². The van der Waals surface area contributed by atoms with Crippen LogP contribution in [0.1, 0.15) is 0 Å². The van der Waals surface area contributed by atoms with E-state index in [4.69, 9.17) is 61.3 Å². The van der Waals surface area contributed by atoms with Crippen LogP contribution in [0.3, 0.4) is 0 Å². The second-order valence-electron chi connectivity index (χ2n) is 4.70. The van der Waals surface area contributed by atoms with E-state index < -0.39 is 72.4 Å². The molecule has 0 saturated heterocycles. The highest BCUT2D eigenvalue weighted by Gasteiger charge is 2.30. The van der Waals surface area contributed by atoms with Crippen LogP contribution in [0.2, 0.25) is 0 Å². The van der Waals surface area contributed by atoms with Gasteiger partial charge in [0.2, 0.25) is 0 Å². The Hall–Kier alpha value is -2.56. The molecule has 8 unspecified atom stereocenters. The fourth-order valence-electron chi connectivity index (χ4n) is 0.810. The topological polar surface area (TPSA) is 345 Å². The van der Waals surface area contributed by atoms with Gasteiger partial charge in [-0.25, -0.2) is 28.8 Å². The smallest absolute Gasteiger partial charge is 0.335 e. The van der Waals surface area contributed by atoms with Gasteiger partial charge in [-0.05, 0) is 0 Å². The molecule has 0 amide bonds. The standard InChI is InChI=1S/3C4H6O6.2H3P/c3*5-1(3(7)8)2(6)4(9)10;;/h3*1-2,5-6H,(H,7,8)(H,9,10);2*1H3. The Morgan fingerprint density at radius 2 is 0.375 bits per heavy atom. The molecule has 0 aliphatic heterocycles. The second kappa shape index (κ2) is 19.1. The van der Waals surface area contributed by atoms with Crippen molar-refractivity contribution >= 4 is 55.6 Å². The van der Waals surface area contributed by atoms with Crippen LogP contribution in [-0.4, -0.2) is 134 Å². The summed E-state index contributed by atoms with van der Waals surface area (Å²) in [6, 6.07) is 0. The zero-order valence-corrected chi connectivity index (χ0v) is 18.5.